The largest absolute Gasteiger partial charge is 0.328 e. The number of nitrogens with zero attached hydrogens (tertiary/aromatic N) is 3. The SMILES string of the molecule is C=C(C)CCCn1cnc(=N)c2[nH]c(Sc3cc(C)ccc3C)nc21. The third-order valence-corrected chi connectivity index (χ3v) is 5.10. The fraction of sp³-hybridized carbons (Fsp3) is 0.316. The van der Waals surface area contributed by atoms with Crippen molar-refractivity contribution in [2.45, 2.75) is 50.2 Å². The summed E-state index contributed by atoms with van der Waals surface area (Å²) in [5, 5.41) is 8.85. The predicted molar refractivity (Wildman–Crippen MR) is 102 cm³/mol. The number of aromatic nitrogens is 4. The Hall–Kier alpha value is -2.34. The van der Waals surface area contributed by atoms with Crippen LogP contribution in [0, 0.1) is 19.3 Å². The molecule has 3 aromatic rings. The molecule has 0 radical (unpaired) electrons. The van der Waals surface area contributed by atoms with Crippen molar-refractivity contribution in [3.63, 3.8) is 0 Å². The van der Waals surface area contributed by atoms with Gasteiger partial charge in [0.25, 0.3) is 0 Å². The van der Waals surface area contributed by atoms with Crippen molar-refractivity contribution in [3.05, 3.63) is 53.3 Å². The molecule has 0 amide bonds. The minimum Gasteiger partial charge on any atom is -0.328 e. The number of benzene rings is 1. The van der Waals surface area contributed by atoms with Crippen LogP contribution in [0.25, 0.3) is 11.2 Å². The van der Waals surface area contributed by atoms with E-state index in [1.54, 1.807) is 18.1 Å². The molecule has 0 atom stereocenters. The van der Waals surface area contributed by atoms with E-state index in [9.17, 15) is 0 Å². The van der Waals surface area contributed by atoms with Gasteiger partial charge in [0.15, 0.2) is 16.3 Å². The number of hydrogen-bond acceptors (Lipinski definition) is 4. The van der Waals surface area contributed by atoms with Gasteiger partial charge in [-0.1, -0.05) is 29.5 Å². The first-order valence-electron chi connectivity index (χ1n) is 8.33. The highest BCUT2D eigenvalue weighted by Crippen LogP contribution is 2.29. The molecule has 2 aromatic heterocycles. The second-order valence-corrected chi connectivity index (χ2v) is 7.49. The number of H-pyrrole nitrogens is 1. The number of fused-ring (bicyclic) bond motifs is 1. The molecule has 130 valence electrons. The second-order valence-electron chi connectivity index (χ2n) is 6.46. The molecule has 2 heterocycles. The Bertz CT molecular complexity index is 983. The van der Waals surface area contributed by atoms with Crippen LogP contribution in [0.15, 0.2) is 46.7 Å². The highest BCUT2D eigenvalue weighted by atomic mass is 32.2. The normalized spacial score (nSPS) is 11.2. The van der Waals surface area contributed by atoms with E-state index in [-0.39, 0.29) is 5.49 Å². The number of nitrogens with one attached hydrogen (secondary N) is 2. The molecule has 3 rings (SSSR count). The van der Waals surface area contributed by atoms with Crippen molar-refractivity contribution in [1.82, 2.24) is 19.5 Å². The number of hydrogen-bond donors (Lipinski definition) is 2. The number of rotatable bonds is 6. The van der Waals surface area contributed by atoms with E-state index < -0.39 is 0 Å². The van der Waals surface area contributed by atoms with Crippen LogP contribution in [0.4, 0.5) is 0 Å². The lowest BCUT2D eigenvalue weighted by Crippen LogP contribution is -2.12. The van der Waals surface area contributed by atoms with Gasteiger partial charge in [0, 0.05) is 11.4 Å². The number of allylic oxidation sites excluding steroid dienone is 1. The molecule has 0 aliphatic carbocycles. The molecule has 0 fully saturated rings. The first-order valence-corrected chi connectivity index (χ1v) is 9.15. The smallest absolute Gasteiger partial charge is 0.173 e. The monoisotopic (exact) mass is 353 g/mol. The van der Waals surface area contributed by atoms with Gasteiger partial charge in [0.2, 0.25) is 0 Å². The maximum Gasteiger partial charge on any atom is 0.173 e. The Kier molecular flexibility index (Phi) is 5.08. The Morgan fingerprint density at radius 2 is 2.16 bits per heavy atom. The summed E-state index contributed by atoms with van der Waals surface area (Å²) in [6, 6.07) is 6.39. The van der Waals surface area contributed by atoms with Gasteiger partial charge in [-0.15, -0.1) is 6.58 Å². The minimum atomic E-state index is 0.228. The number of imidazole rings is 1. The first kappa shape index (κ1) is 17.5. The molecule has 5 nitrogen and oxygen atoms in total. The molecule has 1 aromatic carbocycles. The van der Waals surface area contributed by atoms with E-state index in [1.807, 2.05) is 11.5 Å². The van der Waals surface area contributed by atoms with E-state index in [0.717, 1.165) is 30.2 Å². The molecule has 0 bridgehead atoms. The van der Waals surface area contributed by atoms with Crippen LogP contribution in [-0.4, -0.2) is 19.5 Å². The average molecular weight is 353 g/mol. The average Bonchev–Trinajstić information content (AvgIpc) is 2.98. The molecule has 0 unspecified atom stereocenters. The molecule has 25 heavy (non-hydrogen) atoms. The van der Waals surface area contributed by atoms with E-state index in [4.69, 9.17) is 10.4 Å². The van der Waals surface area contributed by atoms with Gasteiger partial charge >= 0.3 is 0 Å². The zero-order valence-electron chi connectivity index (χ0n) is 14.9. The van der Waals surface area contributed by atoms with E-state index >= 15 is 0 Å². The van der Waals surface area contributed by atoms with Crippen molar-refractivity contribution in [2.24, 2.45) is 0 Å². The van der Waals surface area contributed by atoms with Crippen LogP contribution in [0.2, 0.25) is 0 Å². The Morgan fingerprint density at radius 1 is 1.36 bits per heavy atom. The van der Waals surface area contributed by atoms with Gasteiger partial charge in [-0.2, -0.15) is 0 Å². The third-order valence-electron chi connectivity index (χ3n) is 4.05. The summed E-state index contributed by atoms with van der Waals surface area (Å²) in [5.74, 6) is 0. The fourth-order valence-electron chi connectivity index (χ4n) is 2.65. The predicted octanol–water partition coefficient (Wildman–Crippen LogP) is 4.36. The van der Waals surface area contributed by atoms with E-state index in [2.05, 4.69) is 48.6 Å². The molecule has 0 saturated heterocycles. The van der Waals surface area contributed by atoms with Crippen LogP contribution >= 0.6 is 11.8 Å². The summed E-state index contributed by atoms with van der Waals surface area (Å²) >= 11 is 1.60. The van der Waals surface area contributed by atoms with Crippen molar-refractivity contribution in [2.75, 3.05) is 0 Å². The van der Waals surface area contributed by atoms with Gasteiger partial charge in [0.1, 0.15) is 5.52 Å². The quantitative estimate of drug-likeness (QED) is 0.647. The number of aromatic amines is 1. The third kappa shape index (κ3) is 4.02. The van der Waals surface area contributed by atoms with Crippen molar-refractivity contribution in [1.29, 1.82) is 5.41 Å². The van der Waals surface area contributed by atoms with Crippen molar-refractivity contribution in [3.8, 4) is 0 Å². The zero-order valence-corrected chi connectivity index (χ0v) is 15.7. The standard InChI is InChI=1S/C19H23N5S/c1-12(2)6-5-9-24-11-21-17(20)16-18(24)23-19(22-16)25-15-10-13(3)7-8-14(15)4/h7-8,10-11,20H,1,5-6,9H2,2-4H3,(H,22,23). The van der Waals surface area contributed by atoms with Crippen LogP contribution in [0.5, 0.6) is 0 Å². The van der Waals surface area contributed by atoms with Gasteiger partial charge in [-0.25, -0.2) is 9.97 Å². The van der Waals surface area contributed by atoms with Gasteiger partial charge in [-0.3, -0.25) is 5.41 Å². The highest BCUT2D eigenvalue weighted by molar-refractivity contribution is 7.99. The summed E-state index contributed by atoms with van der Waals surface area (Å²) in [7, 11) is 0. The highest BCUT2D eigenvalue weighted by Gasteiger charge is 2.11. The lowest BCUT2D eigenvalue weighted by molar-refractivity contribution is 0.639. The summed E-state index contributed by atoms with van der Waals surface area (Å²) in [4.78, 5) is 13.3. The molecule has 0 saturated carbocycles. The zero-order chi connectivity index (χ0) is 18.0. The molecule has 6 heteroatoms. The number of aryl methyl sites for hydroxylation is 3. The van der Waals surface area contributed by atoms with Gasteiger partial charge in [-0.05, 0) is 50.8 Å². The maximum atomic E-state index is 8.06. The minimum absolute atomic E-state index is 0.228. The Balaban J connectivity index is 1.93. The summed E-state index contributed by atoms with van der Waals surface area (Å²) in [5.41, 5.74) is 5.32. The summed E-state index contributed by atoms with van der Waals surface area (Å²) < 4.78 is 2.01. The van der Waals surface area contributed by atoms with Gasteiger partial charge < -0.3 is 9.55 Å². The van der Waals surface area contributed by atoms with E-state index in [0.29, 0.717) is 5.52 Å². The molecule has 0 spiro atoms. The fourth-order valence-corrected chi connectivity index (χ4v) is 3.61. The summed E-state index contributed by atoms with van der Waals surface area (Å²) in [6.07, 6.45) is 3.67. The molecular formula is C19H23N5S. The Morgan fingerprint density at radius 3 is 2.92 bits per heavy atom. The lowest BCUT2D eigenvalue weighted by Gasteiger charge is -2.06. The lowest BCUT2D eigenvalue weighted by atomic mass is 10.2. The first-order chi connectivity index (χ1) is 11.9. The molecule has 2 N–H and O–H groups in total. The van der Waals surface area contributed by atoms with Crippen LogP contribution in [-0.2, 0) is 6.54 Å². The maximum absolute atomic E-state index is 8.06. The Labute approximate surface area is 151 Å². The van der Waals surface area contributed by atoms with Crippen LogP contribution < -0.4 is 5.49 Å². The van der Waals surface area contributed by atoms with Crippen LogP contribution in [0.1, 0.15) is 30.9 Å². The topological polar surface area (TPSA) is 70.3 Å². The van der Waals surface area contributed by atoms with Crippen molar-refractivity contribution < 1.29 is 0 Å². The molecule has 0 aliphatic heterocycles. The van der Waals surface area contributed by atoms with Crippen LogP contribution in [0.3, 0.4) is 0 Å². The van der Waals surface area contributed by atoms with Gasteiger partial charge in [0.05, 0.1) is 6.33 Å². The van der Waals surface area contributed by atoms with Crippen molar-refractivity contribution >= 4 is 22.9 Å². The van der Waals surface area contributed by atoms with E-state index in [1.165, 1.54) is 21.6 Å². The molecule has 0 aliphatic rings. The molecular weight excluding hydrogens is 330 g/mol. The second kappa shape index (κ2) is 7.27. The summed E-state index contributed by atoms with van der Waals surface area (Å²) in [6.45, 7) is 11.0.